The Morgan fingerprint density at radius 1 is 1.36 bits per heavy atom. The van der Waals surface area contributed by atoms with Crippen molar-refractivity contribution >= 4 is 22.4 Å². The number of nitrogens with one attached hydrogen (secondary N) is 1. The number of sulfonamides is 1. The maximum Gasteiger partial charge on any atom is 0.573 e. The lowest BCUT2D eigenvalue weighted by Gasteiger charge is -2.16. The van der Waals surface area contributed by atoms with E-state index in [0.717, 1.165) is 25.0 Å². The molecule has 1 unspecified atom stereocenters. The Morgan fingerprint density at radius 3 is 2.50 bits per heavy atom. The van der Waals surface area contributed by atoms with Crippen LogP contribution in [0.4, 0.5) is 13.2 Å². The van der Waals surface area contributed by atoms with E-state index in [1.165, 1.54) is 12.1 Å². The molecule has 22 heavy (non-hydrogen) atoms. The maximum absolute atomic E-state index is 12.1. The number of ether oxygens (including phenoxy) is 1. The Labute approximate surface area is 132 Å². The molecule has 0 amide bonds. The van der Waals surface area contributed by atoms with Gasteiger partial charge in [0.1, 0.15) is 5.75 Å². The Balaban J connectivity index is 0.00000242. The molecular weight excluding hydrogens is 345 g/mol. The second-order valence-corrected chi connectivity index (χ2v) is 6.54. The molecule has 1 aromatic rings. The van der Waals surface area contributed by atoms with Crippen LogP contribution in [0.15, 0.2) is 29.2 Å². The van der Waals surface area contributed by atoms with Gasteiger partial charge in [0, 0.05) is 18.7 Å². The number of hydrogen-bond acceptors (Lipinski definition) is 4. The van der Waals surface area contributed by atoms with Crippen LogP contribution in [0.2, 0.25) is 0 Å². The highest BCUT2D eigenvalue weighted by atomic mass is 35.5. The van der Waals surface area contributed by atoms with Gasteiger partial charge in [-0.3, -0.25) is 0 Å². The van der Waals surface area contributed by atoms with E-state index in [1.54, 1.807) is 0 Å². The third-order valence-electron chi connectivity index (χ3n) is 3.10. The molecule has 0 spiro atoms. The second-order valence-electron chi connectivity index (χ2n) is 4.82. The van der Waals surface area contributed by atoms with Gasteiger partial charge in [-0.05, 0) is 30.9 Å². The quantitative estimate of drug-likeness (QED) is 0.813. The predicted octanol–water partition coefficient (Wildman–Crippen LogP) is 2.02. The molecule has 1 fully saturated rings. The minimum Gasteiger partial charge on any atom is -0.406 e. The average Bonchev–Trinajstić information content (AvgIpc) is 3.18. The summed E-state index contributed by atoms with van der Waals surface area (Å²) < 4.78 is 66.9. The molecule has 1 atom stereocenters. The molecule has 3 N–H and O–H groups in total. The van der Waals surface area contributed by atoms with Crippen LogP contribution in [0.1, 0.15) is 12.8 Å². The van der Waals surface area contributed by atoms with E-state index in [2.05, 4.69) is 9.46 Å². The van der Waals surface area contributed by atoms with Gasteiger partial charge in [-0.15, -0.1) is 25.6 Å². The highest BCUT2D eigenvalue weighted by molar-refractivity contribution is 7.89. The van der Waals surface area contributed by atoms with E-state index in [0.29, 0.717) is 0 Å². The van der Waals surface area contributed by atoms with Crippen molar-refractivity contribution in [2.24, 2.45) is 11.7 Å². The molecule has 0 bridgehead atoms. The van der Waals surface area contributed by atoms with E-state index >= 15 is 0 Å². The van der Waals surface area contributed by atoms with Crippen molar-refractivity contribution < 1.29 is 26.3 Å². The van der Waals surface area contributed by atoms with E-state index in [4.69, 9.17) is 5.73 Å². The summed E-state index contributed by atoms with van der Waals surface area (Å²) in [7, 11) is -3.93. The van der Waals surface area contributed by atoms with Gasteiger partial charge >= 0.3 is 6.36 Å². The van der Waals surface area contributed by atoms with E-state index in [-0.39, 0.29) is 29.8 Å². The Kier molecular flexibility index (Phi) is 6.08. The van der Waals surface area contributed by atoms with Crippen LogP contribution in [0.3, 0.4) is 0 Å². The zero-order valence-corrected chi connectivity index (χ0v) is 13.0. The third kappa shape index (κ3) is 5.31. The Morgan fingerprint density at radius 2 is 2.00 bits per heavy atom. The SMILES string of the molecule is Cl.NCC(NS(=O)(=O)c1cccc(OC(F)(F)F)c1)C1CC1. The topological polar surface area (TPSA) is 81.4 Å². The zero-order valence-electron chi connectivity index (χ0n) is 11.3. The molecule has 0 radical (unpaired) electrons. The summed E-state index contributed by atoms with van der Waals surface area (Å²) >= 11 is 0. The monoisotopic (exact) mass is 360 g/mol. The average molecular weight is 361 g/mol. The van der Waals surface area contributed by atoms with Crippen LogP contribution in [0.25, 0.3) is 0 Å². The summed E-state index contributed by atoms with van der Waals surface area (Å²) in [5.74, 6) is -0.388. The summed E-state index contributed by atoms with van der Waals surface area (Å²) in [6.07, 6.45) is -3.09. The molecule has 0 aromatic heterocycles. The standard InChI is InChI=1S/C12H15F3N2O3S.ClH/c13-12(14,15)20-9-2-1-3-10(6-9)21(18,19)17-11(7-16)8-4-5-8;/h1-3,6,8,11,17H,4-5,7,16H2;1H. The molecule has 1 aliphatic carbocycles. The summed E-state index contributed by atoms with van der Waals surface area (Å²) in [5, 5.41) is 0. The molecule has 1 saturated carbocycles. The van der Waals surface area contributed by atoms with Crippen LogP contribution in [0, 0.1) is 5.92 Å². The number of alkyl halides is 3. The molecule has 5 nitrogen and oxygen atoms in total. The summed E-state index contributed by atoms with van der Waals surface area (Å²) in [6.45, 7) is 0.142. The Bertz CT molecular complexity index is 606. The van der Waals surface area contributed by atoms with Gasteiger partial charge in [-0.1, -0.05) is 6.07 Å². The van der Waals surface area contributed by atoms with Gasteiger partial charge < -0.3 is 10.5 Å². The van der Waals surface area contributed by atoms with Gasteiger partial charge in [-0.2, -0.15) is 0 Å². The zero-order chi connectivity index (χ0) is 15.7. The first-order valence-electron chi connectivity index (χ1n) is 6.29. The molecular formula is C12H16ClF3N2O3S. The molecule has 1 aliphatic rings. The van der Waals surface area contributed by atoms with Crippen molar-refractivity contribution in [3.05, 3.63) is 24.3 Å². The largest absolute Gasteiger partial charge is 0.573 e. The lowest BCUT2D eigenvalue weighted by atomic mass is 10.2. The molecule has 126 valence electrons. The molecule has 10 heteroatoms. The number of rotatable bonds is 6. The maximum atomic E-state index is 12.1. The second kappa shape index (κ2) is 7.03. The molecule has 0 saturated heterocycles. The summed E-state index contributed by atoms with van der Waals surface area (Å²) in [4.78, 5) is -0.289. The third-order valence-corrected chi connectivity index (χ3v) is 4.59. The normalized spacial score (nSPS) is 16.7. The van der Waals surface area contributed by atoms with Gasteiger partial charge in [0.05, 0.1) is 4.90 Å². The van der Waals surface area contributed by atoms with Gasteiger partial charge in [0.15, 0.2) is 0 Å². The van der Waals surface area contributed by atoms with Gasteiger partial charge in [-0.25, -0.2) is 13.1 Å². The van der Waals surface area contributed by atoms with Crippen LogP contribution in [-0.2, 0) is 10.0 Å². The fourth-order valence-electron chi connectivity index (χ4n) is 1.94. The van der Waals surface area contributed by atoms with E-state index < -0.39 is 28.2 Å². The van der Waals surface area contributed by atoms with Gasteiger partial charge in [0.25, 0.3) is 0 Å². The molecule has 0 heterocycles. The highest BCUT2D eigenvalue weighted by Gasteiger charge is 2.34. The van der Waals surface area contributed by atoms with Crippen molar-refractivity contribution in [2.75, 3.05) is 6.54 Å². The minimum atomic E-state index is -4.87. The predicted molar refractivity (Wildman–Crippen MR) is 76.3 cm³/mol. The van der Waals surface area contributed by atoms with Crippen LogP contribution in [-0.4, -0.2) is 27.4 Å². The molecule has 2 rings (SSSR count). The summed E-state index contributed by atoms with van der Waals surface area (Å²) in [5.41, 5.74) is 5.51. The van der Waals surface area contributed by atoms with Crippen molar-refractivity contribution in [3.8, 4) is 5.75 Å². The van der Waals surface area contributed by atoms with Crippen molar-refractivity contribution in [1.29, 1.82) is 0 Å². The number of halogens is 4. The lowest BCUT2D eigenvalue weighted by Crippen LogP contribution is -2.41. The summed E-state index contributed by atoms with van der Waals surface area (Å²) in [6, 6.07) is 3.85. The number of nitrogens with two attached hydrogens (primary N) is 1. The number of benzene rings is 1. The Hall–Kier alpha value is -1.03. The molecule has 0 aliphatic heterocycles. The minimum absolute atomic E-state index is 0. The van der Waals surface area contributed by atoms with Crippen molar-refractivity contribution in [2.45, 2.75) is 30.1 Å². The van der Waals surface area contributed by atoms with E-state index in [1.807, 2.05) is 0 Å². The highest BCUT2D eigenvalue weighted by Crippen LogP contribution is 2.33. The lowest BCUT2D eigenvalue weighted by molar-refractivity contribution is -0.274. The van der Waals surface area contributed by atoms with E-state index in [9.17, 15) is 21.6 Å². The molecule has 1 aromatic carbocycles. The first kappa shape index (κ1) is 19.0. The number of hydrogen-bond donors (Lipinski definition) is 2. The van der Waals surface area contributed by atoms with Crippen LogP contribution < -0.4 is 15.2 Å². The first-order valence-corrected chi connectivity index (χ1v) is 7.78. The fourth-order valence-corrected chi connectivity index (χ4v) is 3.29. The van der Waals surface area contributed by atoms with Crippen molar-refractivity contribution in [3.63, 3.8) is 0 Å². The van der Waals surface area contributed by atoms with Gasteiger partial charge in [0.2, 0.25) is 10.0 Å². The van der Waals surface area contributed by atoms with Crippen LogP contribution in [0.5, 0.6) is 5.75 Å². The van der Waals surface area contributed by atoms with Crippen LogP contribution >= 0.6 is 12.4 Å². The first-order chi connectivity index (χ1) is 9.71. The smallest absolute Gasteiger partial charge is 0.406 e. The van der Waals surface area contributed by atoms with Crippen molar-refractivity contribution in [1.82, 2.24) is 4.72 Å². The fraction of sp³-hybridized carbons (Fsp3) is 0.500.